The van der Waals surface area contributed by atoms with Crippen molar-refractivity contribution in [1.82, 2.24) is 0 Å². The van der Waals surface area contributed by atoms with Crippen LogP contribution in [0.25, 0.3) is 0 Å². The third kappa shape index (κ3) is 7.15. The van der Waals surface area contributed by atoms with Gasteiger partial charge >= 0.3 is 11.9 Å². The number of aliphatic hydroxyl groups excluding tert-OH is 1. The van der Waals surface area contributed by atoms with E-state index >= 15 is 0 Å². The lowest BCUT2D eigenvalue weighted by molar-refractivity contribution is -0.159. The first-order valence-electron chi connectivity index (χ1n) is 6.43. The zero-order valence-electron chi connectivity index (χ0n) is 12.8. The number of hydrogen-bond donors (Lipinski definition) is 1. The first-order chi connectivity index (χ1) is 8.48. The fraction of sp³-hybridized carbons (Fsp3) is 0.857. The summed E-state index contributed by atoms with van der Waals surface area (Å²) >= 11 is 0. The van der Waals surface area contributed by atoms with Crippen LogP contribution in [0.2, 0.25) is 0 Å². The zero-order valence-corrected chi connectivity index (χ0v) is 12.8. The van der Waals surface area contributed by atoms with Crippen molar-refractivity contribution in [2.75, 3.05) is 19.8 Å². The van der Waals surface area contributed by atoms with Crippen molar-refractivity contribution in [3.05, 3.63) is 0 Å². The maximum absolute atomic E-state index is 11.6. The monoisotopic (exact) mass is 274 g/mol. The number of ether oxygens (including phenoxy) is 2. The largest absolute Gasteiger partial charge is 0.465 e. The van der Waals surface area contributed by atoms with Crippen molar-refractivity contribution in [3.8, 4) is 0 Å². The highest BCUT2D eigenvalue weighted by Gasteiger charge is 2.26. The number of carbonyl (C=O) groups excluding carboxylic acids is 2. The van der Waals surface area contributed by atoms with Crippen LogP contribution in [0.3, 0.4) is 0 Å². The Morgan fingerprint density at radius 1 is 0.895 bits per heavy atom. The predicted molar refractivity (Wildman–Crippen MR) is 71.4 cm³/mol. The molecule has 5 nitrogen and oxygen atoms in total. The van der Waals surface area contributed by atoms with Gasteiger partial charge in [-0.2, -0.15) is 0 Å². The Morgan fingerprint density at radius 3 is 1.42 bits per heavy atom. The van der Waals surface area contributed by atoms with E-state index in [4.69, 9.17) is 9.47 Å². The average Bonchev–Trinajstić information content (AvgIpc) is 2.25. The van der Waals surface area contributed by atoms with Crippen molar-refractivity contribution in [2.45, 2.75) is 41.5 Å². The molecule has 0 radical (unpaired) electrons. The van der Waals surface area contributed by atoms with E-state index < -0.39 is 16.7 Å². The summed E-state index contributed by atoms with van der Waals surface area (Å²) in [6.45, 7) is 10.4. The number of carbonyl (C=O) groups is 2. The summed E-state index contributed by atoms with van der Waals surface area (Å²) in [6, 6.07) is 0. The minimum atomic E-state index is -0.581. The van der Waals surface area contributed by atoms with Gasteiger partial charge in [-0.15, -0.1) is 0 Å². The second-order valence-electron chi connectivity index (χ2n) is 6.75. The van der Waals surface area contributed by atoms with E-state index in [9.17, 15) is 14.7 Å². The standard InChI is InChI=1S/C14H26O5/c1-13(2,3)11(16)18-8-10(7-15)9-19-12(17)14(4,5)6/h10,15H,7-9H2,1-6H3. The Hall–Kier alpha value is -1.10. The molecule has 0 bridgehead atoms. The van der Waals surface area contributed by atoms with Gasteiger partial charge in [0.25, 0.3) is 0 Å². The van der Waals surface area contributed by atoms with Crippen LogP contribution >= 0.6 is 0 Å². The summed E-state index contributed by atoms with van der Waals surface area (Å²) in [4.78, 5) is 23.1. The normalized spacial score (nSPS) is 12.4. The zero-order chi connectivity index (χ0) is 15.3. The van der Waals surface area contributed by atoms with Gasteiger partial charge in [-0.25, -0.2) is 0 Å². The molecule has 0 aliphatic rings. The quantitative estimate of drug-likeness (QED) is 0.774. The summed E-state index contributed by atoms with van der Waals surface area (Å²) < 4.78 is 10.2. The molecule has 0 saturated heterocycles. The Kier molecular flexibility index (Phi) is 6.49. The van der Waals surface area contributed by atoms with Crippen LogP contribution < -0.4 is 0 Å². The molecule has 5 heteroatoms. The van der Waals surface area contributed by atoms with Gasteiger partial charge < -0.3 is 14.6 Å². The van der Waals surface area contributed by atoms with Crippen LogP contribution in [0.4, 0.5) is 0 Å². The molecule has 19 heavy (non-hydrogen) atoms. The maximum Gasteiger partial charge on any atom is 0.311 e. The lowest BCUT2D eigenvalue weighted by atomic mass is 9.97. The van der Waals surface area contributed by atoms with Crippen LogP contribution in [0.5, 0.6) is 0 Å². The molecular formula is C14H26O5. The first kappa shape index (κ1) is 17.9. The summed E-state index contributed by atoms with van der Waals surface area (Å²) in [5.74, 6) is -1.07. The fourth-order valence-electron chi connectivity index (χ4n) is 0.974. The summed E-state index contributed by atoms with van der Waals surface area (Å²) in [5.41, 5.74) is -1.16. The Balaban J connectivity index is 4.18. The van der Waals surface area contributed by atoms with Gasteiger partial charge in [0.2, 0.25) is 0 Å². The number of esters is 2. The Bertz CT molecular complexity index is 279. The third-order valence-electron chi connectivity index (χ3n) is 2.38. The molecule has 0 aliphatic heterocycles. The molecule has 0 amide bonds. The van der Waals surface area contributed by atoms with E-state index in [0.717, 1.165) is 0 Å². The molecule has 0 aromatic heterocycles. The Morgan fingerprint density at radius 2 is 1.21 bits per heavy atom. The van der Waals surface area contributed by atoms with Gasteiger partial charge in [0.15, 0.2) is 0 Å². The van der Waals surface area contributed by atoms with E-state index in [-0.39, 0.29) is 31.8 Å². The van der Waals surface area contributed by atoms with E-state index in [1.165, 1.54) is 0 Å². The SMILES string of the molecule is CC(C)(C)C(=O)OCC(CO)COC(=O)C(C)(C)C. The third-order valence-corrected chi connectivity index (χ3v) is 2.38. The molecule has 0 aromatic carbocycles. The minimum Gasteiger partial charge on any atom is -0.465 e. The van der Waals surface area contributed by atoms with Crippen molar-refractivity contribution >= 4 is 11.9 Å². The van der Waals surface area contributed by atoms with Gasteiger partial charge in [-0.1, -0.05) is 0 Å². The molecule has 1 N–H and O–H groups in total. The predicted octanol–water partition coefficient (Wildman–Crippen LogP) is 1.77. The topological polar surface area (TPSA) is 72.8 Å². The number of aliphatic hydroxyl groups is 1. The number of rotatable bonds is 5. The first-order valence-corrected chi connectivity index (χ1v) is 6.43. The van der Waals surface area contributed by atoms with Crippen molar-refractivity contribution in [3.63, 3.8) is 0 Å². The second kappa shape index (κ2) is 6.89. The van der Waals surface area contributed by atoms with E-state index in [0.29, 0.717) is 0 Å². The lowest BCUT2D eigenvalue weighted by Gasteiger charge is -2.22. The molecule has 0 unspecified atom stereocenters. The summed E-state index contributed by atoms with van der Waals surface area (Å²) in [5, 5.41) is 9.17. The highest BCUT2D eigenvalue weighted by Crippen LogP contribution is 2.17. The van der Waals surface area contributed by atoms with Crippen LogP contribution in [-0.2, 0) is 19.1 Å². The van der Waals surface area contributed by atoms with Gasteiger partial charge in [-0.3, -0.25) is 9.59 Å². The van der Waals surface area contributed by atoms with E-state index in [2.05, 4.69) is 0 Å². The van der Waals surface area contributed by atoms with Gasteiger partial charge in [-0.05, 0) is 41.5 Å². The summed E-state index contributed by atoms with van der Waals surface area (Å²) in [6.07, 6.45) is 0. The van der Waals surface area contributed by atoms with Gasteiger partial charge in [0, 0.05) is 0 Å². The van der Waals surface area contributed by atoms with Crippen LogP contribution in [-0.4, -0.2) is 36.9 Å². The molecular weight excluding hydrogens is 248 g/mol. The van der Waals surface area contributed by atoms with Crippen molar-refractivity contribution < 1.29 is 24.2 Å². The molecule has 112 valence electrons. The Labute approximate surface area is 115 Å². The van der Waals surface area contributed by atoms with E-state index in [1.54, 1.807) is 41.5 Å². The lowest BCUT2D eigenvalue weighted by Crippen LogP contribution is -2.31. The van der Waals surface area contributed by atoms with E-state index in [1.807, 2.05) is 0 Å². The minimum absolute atomic E-state index is 0.0457. The van der Waals surface area contributed by atoms with Crippen LogP contribution in [0.15, 0.2) is 0 Å². The smallest absolute Gasteiger partial charge is 0.311 e. The highest BCUT2D eigenvalue weighted by atomic mass is 16.5. The fourth-order valence-corrected chi connectivity index (χ4v) is 0.974. The maximum atomic E-state index is 11.6. The number of hydrogen-bond acceptors (Lipinski definition) is 5. The van der Waals surface area contributed by atoms with Gasteiger partial charge in [0.1, 0.15) is 0 Å². The van der Waals surface area contributed by atoms with Crippen LogP contribution in [0, 0.1) is 16.7 Å². The molecule has 0 heterocycles. The van der Waals surface area contributed by atoms with Crippen molar-refractivity contribution in [2.24, 2.45) is 16.7 Å². The molecule has 0 aromatic rings. The molecule has 0 atom stereocenters. The average molecular weight is 274 g/mol. The molecule has 0 spiro atoms. The molecule has 0 rings (SSSR count). The molecule has 0 saturated carbocycles. The highest BCUT2D eigenvalue weighted by molar-refractivity contribution is 5.75. The second-order valence-corrected chi connectivity index (χ2v) is 6.75. The molecule has 0 fully saturated rings. The van der Waals surface area contributed by atoms with Crippen LogP contribution in [0.1, 0.15) is 41.5 Å². The molecule has 0 aliphatic carbocycles. The summed E-state index contributed by atoms with van der Waals surface area (Å²) in [7, 11) is 0. The van der Waals surface area contributed by atoms with Crippen molar-refractivity contribution in [1.29, 1.82) is 0 Å². The van der Waals surface area contributed by atoms with Gasteiger partial charge in [0.05, 0.1) is 36.6 Å².